The predicted molar refractivity (Wildman–Crippen MR) is 160 cm³/mol. The van der Waals surface area contributed by atoms with Gasteiger partial charge in [0.15, 0.2) is 22.7 Å². The van der Waals surface area contributed by atoms with Gasteiger partial charge in [0.2, 0.25) is 5.78 Å². The molecule has 3 aliphatic rings. The third-order valence-corrected chi connectivity index (χ3v) is 9.20. The van der Waals surface area contributed by atoms with Gasteiger partial charge in [-0.1, -0.05) is 18.2 Å². The van der Waals surface area contributed by atoms with Gasteiger partial charge in [0, 0.05) is 36.7 Å². The van der Waals surface area contributed by atoms with Gasteiger partial charge in [-0.05, 0) is 56.6 Å². The van der Waals surface area contributed by atoms with Crippen LogP contribution in [0.15, 0.2) is 62.1 Å². The van der Waals surface area contributed by atoms with Gasteiger partial charge < -0.3 is 34.8 Å². The molecule has 1 saturated carbocycles. The Morgan fingerprint density at radius 1 is 1.09 bits per heavy atom. The second-order valence-electron chi connectivity index (χ2n) is 12.1. The number of anilines is 1. The summed E-state index contributed by atoms with van der Waals surface area (Å²) in [6.45, 7) is 0. The van der Waals surface area contributed by atoms with Crippen LogP contribution in [0.2, 0.25) is 0 Å². The van der Waals surface area contributed by atoms with E-state index < -0.39 is 58.0 Å². The van der Waals surface area contributed by atoms with Crippen LogP contribution in [0.4, 0.5) is 5.69 Å². The van der Waals surface area contributed by atoms with Crippen LogP contribution in [0.25, 0.3) is 39.5 Å². The molecule has 2 aromatic heterocycles. The topological polar surface area (TPSA) is 184 Å². The summed E-state index contributed by atoms with van der Waals surface area (Å²) >= 11 is 0. The molecule has 0 aliphatic heterocycles. The van der Waals surface area contributed by atoms with E-state index >= 15 is 0 Å². The second kappa shape index (κ2) is 9.28. The lowest BCUT2D eigenvalue weighted by molar-refractivity contribution is -0.153. The maximum Gasteiger partial charge on any atom is 0.264 e. The number of aromatic nitrogens is 1. The summed E-state index contributed by atoms with van der Waals surface area (Å²) in [7, 11) is 6.85. The lowest BCUT2D eigenvalue weighted by atomic mass is 9.57. The number of carbonyl (C=O) groups is 3. The summed E-state index contributed by atoms with van der Waals surface area (Å²) in [4.78, 5) is 47.9. The van der Waals surface area contributed by atoms with Crippen LogP contribution in [0, 0.1) is 11.8 Å². The van der Waals surface area contributed by atoms with Crippen LogP contribution in [0.1, 0.15) is 17.5 Å². The fourth-order valence-corrected chi connectivity index (χ4v) is 7.27. The number of para-hydroxylation sites is 1. The molecule has 4 aromatic rings. The third kappa shape index (κ3) is 3.58. The summed E-state index contributed by atoms with van der Waals surface area (Å²) < 4.78 is 12.2. The van der Waals surface area contributed by atoms with Crippen molar-refractivity contribution in [3.8, 4) is 11.7 Å². The Kier molecular flexibility index (Phi) is 5.88. The van der Waals surface area contributed by atoms with E-state index in [0.717, 1.165) is 11.1 Å². The zero-order valence-electron chi connectivity index (χ0n) is 24.4. The number of primary amides is 1. The summed E-state index contributed by atoms with van der Waals surface area (Å²) in [5.41, 5.74) is 4.75. The first kappa shape index (κ1) is 27.9. The molecule has 0 radical (unpaired) electrons. The molecular formula is C32H30N4O8. The number of Topliss-reactive ketones (excluding diaryl/α,β-unsaturated/α-hetero) is 2. The highest BCUT2D eigenvalue weighted by Gasteiger charge is 2.64. The van der Waals surface area contributed by atoms with Crippen LogP contribution in [0.3, 0.4) is 0 Å². The number of aliphatic hydroxyl groups excluding tert-OH is 2. The number of hydrogen-bond donors (Lipinski definition) is 4. The number of fused-ring (bicyclic) bond motifs is 6. The number of nitrogens with two attached hydrogens (primary N) is 1. The SMILES string of the molecule is CN(C)c1cc2nc(-c3cc4ccccc4o3)oc2c2c1CC1CC3[C@H](N(C)C)C(=O)C(C(N)=O)=C(O)[C@@]3(O)C(=O)C1=C2O. The zero-order chi connectivity index (χ0) is 31.4. The van der Waals surface area contributed by atoms with Crippen molar-refractivity contribution >= 4 is 51.0 Å². The van der Waals surface area contributed by atoms with Crippen LogP contribution >= 0.6 is 0 Å². The minimum absolute atomic E-state index is 0.0529. The largest absolute Gasteiger partial charge is 0.508 e. The molecule has 1 amide bonds. The highest BCUT2D eigenvalue weighted by Crippen LogP contribution is 2.53. The quantitative estimate of drug-likeness (QED) is 0.253. The van der Waals surface area contributed by atoms with Gasteiger partial charge in [-0.3, -0.25) is 19.3 Å². The molecule has 12 nitrogen and oxygen atoms in total. The average molecular weight is 599 g/mol. The van der Waals surface area contributed by atoms with Crippen LogP contribution < -0.4 is 10.6 Å². The van der Waals surface area contributed by atoms with Crippen molar-refractivity contribution in [1.29, 1.82) is 0 Å². The van der Waals surface area contributed by atoms with Gasteiger partial charge in [-0.25, -0.2) is 4.98 Å². The number of nitrogens with zero attached hydrogens (tertiary/aromatic N) is 3. The maximum absolute atomic E-state index is 14.3. The Labute approximate surface area is 250 Å². The van der Waals surface area contributed by atoms with Crippen molar-refractivity contribution < 1.29 is 38.5 Å². The number of rotatable bonds is 4. The average Bonchev–Trinajstić information content (AvgIpc) is 3.58. The molecule has 0 spiro atoms. The first-order valence-corrected chi connectivity index (χ1v) is 14.1. The van der Waals surface area contributed by atoms with E-state index in [1.54, 1.807) is 20.2 Å². The van der Waals surface area contributed by atoms with E-state index in [2.05, 4.69) is 4.98 Å². The molecule has 2 heterocycles. The normalized spacial score (nSPS) is 25.1. The molecule has 0 saturated heterocycles. The van der Waals surface area contributed by atoms with Crippen LogP contribution in [-0.4, -0.2) is 82.5 Å². The number of likely N-dealkylation sites (N-methyl/N-ethyl adjacent to an activating group) is 1. The number of oxazole rings is 1. The van der Waals surface area contributed by atoms with Gasteiger partial charge in [-0.15, -0.1) is 0 Å². The number of furan rings is 1. The fraction of sp³-hybridized carbons (Fsp3) is 0.312. The van der Waals surface area contributed by atoms with E-state index in [1.807, 2.05) is 49.3 Å². The van der Waals surface area contributed by atoms with E-state index in [1.165, 1.54) is 4.90 Å². The molecule has 2 unspecified atom stereocenters. The van der Waals surface area contributed by atoms with Crippen molar-refractivity contribution in [3.63, 3.8) is 0 Å². The Morgan fingerprint density at radius 2 is 1.82 bits per heavy atom. The molecular weight excluding hydrogens is 568 g/mol. The molecule has 12 heteroatoms. The van der Waals surface area contributed by atoms with E-state index in [-0.39, 0.29) is 35.5 Å². The number of aliphatic hydroxyl groups is 3. The Hall–Kier alpha value is -4.94. The van der Waals surface area contributed by atoms with Crippen LogP contribution in [-0.2, 0) is 20.8 Å². The summed E-state index contributed by atoms with van der Waals surface area (Å²) in [6.07, 6.45) is 0.315. The summed E-state index contributed by atoms with van der Waals surface area (Å²) in [5, 5.41) is 35.7. The first-order valence-electron chi connectivity index (χ1n) is 14.1. The Bertz CT molecular complexity index is 1980. The monoisotopic (exact) mass is 598 g/mol. The third-order valence-electron chi connectivity index (χ3n) is 9.20. The smallest absolute Gasteiger partial charge is 0.264 e. The number of ketones is 2. The van der Waals surface area contributed by atoms with Gasteiger partial charge in [-0.2, -0.15) is 0 Å². The summed E-state index contributed by atoms with van der Waals surface area (Å²) in [6, 6.07) is 9.97. The molecule has 1 fully saturated rings. The Morgan fingerprint density at radius 3 is 2.48 bits per heavy atom. The van der Waals surface area contributed by atoms with Gasteiger partial charge in [0.05, 0.1) is 11.6 Å². The Balaban J connectivity index is 1.45. The van der Waals surface area contributed by atoms with E-state index in [9.17, 15) is 29.7 Å². The molecule has 4 atom stereocenters. The molecule has 7 rings (SSSR count). The molecule has 2 aromatic carbocycles. The molecule has 226 valence electrons. The van der Waals surface area contributed by atoms with Crippen molar-refractivity contribution in [1.82, 2.24) is 9.88 Å². The van der Waals surface area contributed by atoms with Crippen molar-refractivity contribution in [2.24, 2.45) is 17.6 Å². The van der Waals surface area contributed by atoms with E-state index in [0.29, 0.717) is 22.4 Å². The number of benzene rings is 2. The minimum Gasteiger partial charge on any atom is -0.508 e. The van der Waals surface area contributed by atoms with Gasteiger partial charge in [0.25, 0.3) is 11.8 Å². The maximum atomic E-state index is 14.3. The van der Waals surface area contributed by atoms with Gasteiger partial charge >= 0.3 is 0 Å². The zero-order valence-corrected chi connectivity index (χ0v) is 24.4. The number of carbonyl (C=O) groups excluding carboxylic acids is 3. The second-order valence-corrected chi connectivity index (χ2v) is 12.1. The molecule has 44 heavy (non-hydrogen) atoms. The van der Waals surface area contributed by atoms with Crippen molar-refractivity contribution in [3.05, 3.63) is 64.4 Å². The molecule has 0 bridgehead atoms. The lowest BCUT2D eigenvalue weighted by Crippen LogP contribution is -2.65. The van der Waals surface area contributed by atoms with Crippen molar-refractivity contribution in [2.45, 2.75) is 24.5 Å². The van der Waals surface area contributed by atoms with Crippen molar-refractivity contribution in [2.75, 3.05) is 33.1 Å². The highest BCUT2D eigenvalue weighted by atomic mass is 16.4. The lowest BCUT2D eigenvalue weighted by Gasteiger charge is -2.50. The molecule has 5 N–H and O–H groups in total. The van der Waals surface area contributed by atoms with E-state index in [4.69, 9.17) is 14.6 Å². The standard InChI is InChI=1S/C32H30N4O8/c1-35(2)18-12-17-27(44-31(34-17)20-11-13-7-5-6-8-19(13)43-20)22-15(18)9-14-10-16-24(36(3)4)26(38)23(30(33)41)29(40)32(16,42)28(39)21(14)25(22)37/h5-8,11-12,14,16,24,37,40,42H,9-10H2,1-4H3,(H2,33,41)/t14?,16?,24-,32-/m0/s1. The summed E-state index contributed by atoms with van der Waals surface area (Å²) in [5.74, 6) is -5.73. The fourth-order valence-electron chi connectivity index (χ4n) is 7.27. The predicted octanol–water partition coefficient (Wildman–Crippen LogP) is 2.88. The minimum atomic E-state index is -2.66. The molecule has 3 aliphatic carbocycles. The number of amides is 1. The first-order chi connectivity index (χ1) is 20.8. The highest BCUT2D eigenvalue weighted by molar-refractivity contribution is 6.24. The van der Waals surface area contributed by atoms with Gasteiger partial charge in [0.1, 0.15) is 28.2 Å². The number of hydrogen-bond acceptors (Lipinski definition) is 11. The van der Waals surface area contributed by atoms with Crippen LogP contribution in [0.5, 0.6) is 0 Å².